The van der Waals surface area contributed by atoms with Gasteiger partial charge in [0.1, 0.15) is 0 Å². The lowest BCUT2D eigenvalue weighted by atomic mass is 9.98. The maximum absolute atomic E-state index is 5.65. The highest BCUT2D eigenvalue weighted by Gasteiger charge is 2.26. The average molecular weight is 809 g/mol. The van der Waals surface area contributed by atoms with Crippen LogP contribution in [0.15, 0.2) is 96.0 Å². The van der Waals surface area contributed by atoms with E-state index in [9.17, 15) is 0 Å². The molecule has 6 rings (SSSR count). The lowest BCUT2D eigenvalue weighted by molar-refractivity contribution is 0.201. The van der Waals surface area contributed by atoms with Crippen molar-refractivity contribution >= 4 is 42.3 Å². The van der Waals surface area contributed by atoms with Crippen LogP contribution in [0.1, 0.15) is 24.0 Å². The molecule has 0 bridgehead atoms. The number of likely N-dealkylation sites (tertiary alicyclic amines) is 1. The molecule has 9 nitrogen and oxygen atoms in total. The number of thioether (sulfide) groups is 1. The standard InChI is InChI=1S/C43H49N3O6S.2ClH/c1-47-38-23-32(24-39(48-2)42(38)51-5)31-10-8-9-29(21-31)28-46(34-11-13-36(53-7)14-12-34)35-16-19-45(20-17-35)27-30-15-18-44-37(22-30)33-25-40(49-3)43(52-6)41(26-33)50-4;;/h8-15,18,21-26,35H,16-17,19-20,27-28H2,1-7H3;2*1H. The molecular weight excluding hydrogens is 757 g/mol. The molecule has 0 N–H and O–H groups in total. The lowest BCUT2D eigenvalue weighted by Gasteiger charge is -2.40. The van der Waals surface area contributed by atoms with Crippen molar-refractivity contribution in [1.29, 1.82) is 0 Å². The van der Waals surface area contributed by atoms with Crippen LogP contribution in [0.2, 0.25) is 0 Å². The monoisotopic (exact) mass is 807 g/mol. The van der Waals surface area contributed by atoms with E-state index in [1.807, 2.05) is 30.5 Å². The zero-order valence-corrected chi connectivity index (χ0v) is 34.9. The SMILES string of the molecule is COc1cc(-c2cccc(CN(c3ccc(SC)cc3)C3CCN(Cc4ccnc(-c5cc(OC)c(OC)c(OC)c5)c4)CC3)c2)cc(OC)c1OC.Cl.Cl. The number of nitrogens with zero attached hydrogens (tertiary/aromatic N) is 3. The summed E-state index contributed by atoms with van der Waals surface area (Å²) in [6, 6.07) is 30.3. The Hall–Kier alpha value is -4.48. The van der Waals surface area contributed by atoms with Gasteiger partial charge in [-0.05, 0) is 108 Å². The number of aromatic nitrogens is 1. The normalized spacial score (nSPS) is 12.9. The number of anilines is 1. The number of benzene rings is 4. The third-order valence-electron chi connectivity index (χ3n) is 9.87. The molecule has 1 aliphatic heterocycles. The fourth-order valence-corrected chi connectivity index (χ4v) is 7.51. The van der Waals surface area contributed by atoms with Gasteiger partial charge in [0.25, 0.3) is 0 Å². The molecule has 1 aromatic heterocycles. The van der Waals surface area contributed by atoms with Crippen LogP contribution in [0, 0.1) is 0 Å². The minimum absolute atomic E-state index is 0. The summed E-state index contributed by atoms with van der Waals surface area (Å²) in [6.45, 7) is 3.64. The van der Waals surface area contributed by atoms with Crippen molar-refractivity contribution < 1.29 is 28.4 Å². The van der Waals surface area contributed by atoms with E-state index in [4.69, 9.17) is 28.4 Å². The molecule has 0 amide bonds. The predicted octanol–water partition coefficient (Wildman–Crippen LogP) is 9.70. The largest absolute Gasteiger partial charge is 0.493 e. The minimum Gasteiger partial charge on any atom is -0.493 e. The summed E-state index contributed by atoms with van der Waals surface area (Å²) in [7, 11) is 9.79. The molecule has 2 heterocycles. The number of halogens is 2. The molecule has 1 fully saturated rings. The molecular formula is C43H51Cl2N3O6S. The summed E-state index contributed by atoms with van der Waals surface area (Å²) >= 11 is 1.77. The van der Waals surface area contributed by atoms with Crippen LogP contribution < -0.4 is 33.3 Å². The van der Waals surface area contributed by atoms with Crippen molar-refractivity contribution in [2.24, 2.45) is 0 Å². The zero-order valence-electron chi connectivity index (χ0n) is 32.5. The third kappa shape index (κ3) is 10.0. The van der Waals surface area contributed by atoms with Crippen LogP contribution in [0.25, 0.3) is 22.4 Å². The van der Waals surface area contributed by atoms with Crippen molar-refractivity contribution in [3.8, 4) is 56.9 Å². The molecule has 1 saturated heterocycles. The highest BCUT2D eigenvalue weighted by Crippen LogP contribution is 2.42. The van der Waals surface area contributed by atoms with E-state index in [0.29, 0.717) is 40.5 Å². The number of hydrogen-bond acceptors (Lipinski definition) is 10. The smallest absolute Gasteiger partial charge is 0.203 e. The van der Waals surface area contributed by atoms with Gasteiger partial charge in [0.15, 0.2) is 23.0 Å². The quantitative estimate of drug-likeness (QED) is 0.0955. The molecule has 12 heteroatoms. The second kappa shape index (κ2) is 20.4. The van der Waals surface area contributed by atoms with E-state index in [1.54, 1.807) is 54.4 Å². The molecule has 0 aliphatic carbocycles. The number of piperidine rings is 1. The molecule has 5 aromatic rings. The van der Waals surface area contributed by atoms with Crippen LogP contribution in [-0.2, 0) is 13.1 Å². The first-order valence-electron chi connectivity index (χ1n) is 17.7. The fourth-order valence-electron chi connectivity index (χ4n) is 7.11. The highest BCUT2D eigenvalue weighted by molar-refractivity contribution is 7.98. The molecule has 0 radical (unpaired) electrons. The van der Waals surface area contributed by atoms with Gasteiger partial charge in [-0.1, -0.05) is 18.2 Å². The summed E-state index contributed by atoms with van der Waals surface area (Å²) in [5, 5.41) is 0. The van der Waals surface area contributed by atoms with Crippen LogP contribution in [0.5, 0.6) is 34.5 Å². The summed E-state index contributed by atoms with van der Waals surface area (Å²) in [5.74, 6) is 3.65. The van der Waals surface area contributed by atoms with E-state index in [1.165, 1.54) is 21.7 Å². The summed E-state index contributed by atoms with van der Waals surface area (Å²) in [5.41, 5.74) is 7.58. The lowest BCUT2D eigenvalue weighted by Crippen LogP contribution is -2.44. The zero-order chi connectivity index (χ0) is 37.3. The highest BCUT2D eigenvalue weighted by atomic mass is 35.5. The summed E-state index contributed by atoms with van der Waals surface area (Å²) < 4.78 is 33.6. The van der Waals surface area contributed by atoms with Gasteiger partial charge in [-0.25, -0.2) is 0 Å². The Bertz CT molecular complexity index is 1940. The Morgan fingerprint density at radius 1 is 0.636 bits per heavy atom. The van der Waals surface area contributed by atoms with Crippen molar-refractivity contribution in [2.75, 3.05) is 66.9 Å². The van der Waals surface area contributed by atoms with Gasteiger partial charge in [0, 0.05) is 54.6 Å². The minimum atomic E-state index is 0. The molecule has 1 aliphatic rings. The first-order chi connectivity index (χ1) is 25.9. The van der Waals surface area contributed by atoms with Gasteiger partial charge in [-0.3, -0.25) is 9.88 Å². The Morgan fingerprint density at radius 3 is 1.73 bits per heavy atom. The Balaban J connectivity index is 0.00000336. The molecule has 0 atom stereocenters. The third-order valence-corrected chi connectivity index (χ3v) is 10.6. The van der Waals surface area contributed by atoms with Gasteiger partial charge < -0.3 is 33.3 Å². The Morgan fingerprint density at radius 2 is 1.20 bits per heavy atom. The second-order valence-electron chi connectivity index (χ2n) is 12.9. The van der Waals surface area contributed by atoms with Crippen molar-refractivity contribution in [3.05, 3.63) is 102 Å². The van der Waals surface area contributed by atoms with E-state index >= 15 is 0 Å². The van der Waals surface area contributed by atoms with E-state index in [2.05, 4.69) is 81.7 Å². The van der Waals surface area contributed by atoms with Crippen LogP contribution >= 0.6 is 36.6 Å². The van der Waals surface area contributed by atoms with Gasteiger partial charge >= 0.3 is 0 Å². The number of hydrogen-bond donors (Lipinski definition) is 0. The second-order valence-corrected chi connectivity index (χ2v) is 13.8. The maximum Gasteiger partial charge on any atom is 0.203 e. The average Bonchev–Trinajstić information content (AvgIpc) is 3.22. The van der Waals surface area contributed by atoms with E-state index in [-0.39, 0.29) is 24.8 Å². The maximum atomic E-state index is 5.65. The van der Waals surface area contributed by atoms with Crippen LogP contribution in [0.4, 0.5) is 5.69 Å². The first-order valence-corrected chi connectivity index (χ1v) is 18.9. The summed E-state index contributed by atoms with van der Waals surface area (Å²) in [4.78, 5) is 11.1. The van der Waals surface area contributed by atoms with Crippen molar-refractivity contribution in [1.82, 2.24) is 9.88 Å². The Labute approximate surface area is 342 Å². The number of methoxy groups -OCH3 is 6. The molecule has 0 saturated carbocycles. The summed E-state index contributed by atoms with van der Waals surface area (Å²) in [6.07, 6.45) is 6.11. The number of rotatable bonds is 15. The Kier molecular flexibility index (Phi) is 16.1. The molecule has 4 aromatic carbocycles. The van der Waals surface area contributed by atoms with Gasteiger partial charge in [-0.2, -0.15) is 0 Å². The predicted molar refractivity (Wildman–Crippen MR) is 228 cm³/mol. The van der Waals surface area contributed by atoms with Gasteiger partial charge in [-0.15, -0.1) is 36.6 Å². The first kappa shape index (κ1) is 43.3. The van der Waals surface area contributed by atoms with Gasteiger partial charge in [0.2, 0.25) is 11.5 Å². The molecule has 55 heavy (non-hydrogen) atoms. The van der Waals surface area contributed by atoms with Crippen molar-refractivity contribution in [2.45, 2.75) is 36.9 Å². The number of ether oxygens (including phenoxy) is 6. The van der Waals surface area contributed by atoms with Gasteiger partial charge in [0.05, 0.1) is 48.4 Å². The van der Waals surface area contributed by atoms with Crippen LogP contribution in [-0.4, -0.2) is 77.9 Å². The van der Waals surface area contributed by atoms with Crippen molar-refractivity contribution in [3.63, 3.8) is 0 Å². The molecule has 0 spiro atoms. The molecule has 294 valence electrons. The van der Waals surface area contributed by atoms with E-state index < -0.39 is 0 Å². The topological polar surface area (TPSA) is 74.8 Å². The fraction of sp³-hybridized carbons (Fsp3) is 0.326. The van der Waals surface area contributed by atoms with E-state index in [0.717, 1.165) is 61.4 Å². The molecule has 0 unspecified atom stereocenters. The van der Waals surface area contributed by atoms with Crippen LogP contribution in [0.3, 0.4) is 0 Å². The number of pyridine rings is 1.